The van der Waals surface area contributed by atoms with Crippen LogP contribution in [0.4, 0.5) is 0 Å². The number of nitrogens with two attached hydrogens (primary N) is 1. The van der Waals surface area contributed by atoms with Crippen LogP contribution >= 0.6 is 0 Å². The SMILES string of the molecule is CCC1CC(C(=O)N(CC(N)=O)[C@H](C)c2ccccc2)CCO1. The molecule has 5 nitrogen and oxygen atoms in total. The summed E-state index contributed by atoms with van der Waals surface area (Å²) >= 11 is 0. The average molecular weight is 318 g/mol. The molecule has 126 valence electrons. The van der Waals surface area contributed by atoms with E-state index in [-0.39, 0.29) is 30.5 Å². The number of nitrogens with zero attached hydrogens (tertiary/aromatic N) is 1. The Kier molecular flexibility index (Phi) is 6.16. The van der Waals surface area contributed by atoms with Crippen LogP contribution in [0.5, 0.6) is 0 Å². The molecule has 2 rings (SSSR count). The minimum absolute atomic E-state index is 0.00176. The summed E-state index contributed by atoms with van der Waals surface area (Å²) in [5.74, 6) is -0.582. The van der Waals surface area contributed by atoms with Crippen molar-refractivity contribution in [3.8, 4) is 0 Å². The predicted molar refractivity (Wildman–Crippen MR) is 88.5 cm³/mol. The van der Waals surface area contributed by atoms with Crippen LogP contribution in [0.1, 0.15) is 44.7 Å². The molecule has 1 heterocycles. The van der Waals surface area contributed by atoms with E-state index in [9.17, 15) is 9.59 Å². The lowest BCUT2D eigenvalue weighted by Gasteiger charge is -2.35. The first-order chi connectivity index (χ1) is 11.0. The van der Waals surface area contributed by atoms with Crippen LogP contribution in [0, 0.1) is 5.92 Å². The van der Waals surface area contributed by atoms with Crippen molar-refractivity contribution in [2.75, 3.05) is 13.2 Å². The lowest BCUT2D eigenvalue weighted by Crippen LogP contribution is -2.45. The standard InChI is InChI=1S/C18H26N2O3/c1-3-16-11-15(9-10-23-16)18(22)20(12-17(19)21)13(2)14-7-5-4-6-8-14/h4-8,13,15-16H,3,9-12H2,1-2H3,(H2,19,21)/t13-,15?,16?/m1/s1. The number of primary amides is 1. The number of rotatable bonds is 6. The molecule has 0 bridgehead atoms. The van der Waals surface area contributed by atoms with Crippen molar-refractivity contribution in [2.24, 2.45) is 11.7 Å². The number of hydrogen-bond acceptors (Lipinski definition) is 3. The van der Waals surface area contributed by atoms with Crippen molar-refractivity contribution in [3.63, 3.8) is 0 Å². The fourth-order valence-corrected chi connectivity index (χ4v) is 3.11. The molecule has 1 aliphatic heterocycles. The van der Waals surface area contributed by atoms with Crippen molar-refractivity contribution < 1.29 is 14.3 Å². The molecule has 1 fully saturated rings. The van der Waals surface area contributed by atoms with Crippen LogP contribution in [0.3, 0.4) is 0 Å². The molecular formula is C18H26N2O3. The molecule has 0 aromatic heterocycles. The maximum Gasteiger partial charge on any atom is 0.237 e. The van der Waals surface area contributed by atoms with Gasteiger partial charge in [0, 0.05) is 12.5 Å². The Balaban J connectivity index is 2.17. The fourth-order valence-electron chi connectivity index (χ4n) is 3.11. The highest BCUT2D eigenvalue weighted by Crippen LogP contribution is 2.28. The van der Waals surface area contributed by atoms with Gasteiger partial charge in [-0.1, -0.05) is 37.3 Å². The predicted octanol–water partition coefficient (Wildman–Crippen LogP) is 2.27. The number of amides is 2. The van der Waals surface area contributed by atoms with Crippen molar-refractivity contribution >= 4 is 11.8 Å². The fraction of sp³-hybridized carbons (Fsp3) is 0.556. The molecular weight excluding hydrogens is 292 g/mol. The third-order valence-corrected chi connectivity index (χ3v) is 4.53. The van der Waals surface area contributed by atoms with Crippen molar-refractivity contribution in [1.82, 2.24) is 4.90 Å². The van der Waals surface area contributed by atoms with Gasteiger partial charge in [-0.25, -0.2) is 0 Å². The Morgan fingerprint density at radius 1 is 1.35 bits per heavy atom. The second-order valence-electron chi connectivity index (χ2n) is 6.14. The summed E-state index contributed by atoms with van der Waals surface area (Å²) in [4.78, 5) is 26.0. The number of benzene rings is 1. The van der Waals surface area contributed by atoms with Crippen LogP contribution < -0.4 is 5.73 Å². The number of ether oxygens (including phenoxy) is 1. The maximum atomic E-state index is 13.0. The van der Waals surface area contributed by atoms with Crippen molar-refractivity contribution in [1.29, 1.82) is 0 Å². The molecule has 0 saturated carbocycles. The zero-order valence-electron chi connectivity index (χ0n) is 13.9. The Morgan fingerprint density at radius 2 is 2.04 bits per heavy atom. The van der Waals surface area contributed by atoms with E-state index in [0.29, 0.717) is 19.4 Å². The van der Waals surface area contributed by atoms with Crippen LogP contribution in [0.25, 0.3) is 0 Å². The summed E-state index contributed by atoms with van der Waals surface area (Å²) in [5, 5.41) is 0. The third-order valence-electron chi connectivity index (χ3n) is 4.53. The highest BCUT2D eigenvalue weighted by atomic mass is 16.5. The number of hydrogen-bond donors (Lipinski definition) is 1. The topological polar surface area (TPSA) is 72.6 Å². The van der Waals surface area contributed by atoms with E-state index in [0.717, 1.165) is 12.0 Å². The van der Waals surface area contributed by atoms with Crippen LogP contribution in [-0.4, -0.2) is 36.0 Å². The minimum Gasteiger partial charge on any atom is -0.378 e. The molecule has 1 aromatic rings. The van der Waals surface area contributed by atoms with Gasteiger partial charge < -0.3 is 15.4 Å². The van der Waals surface area contributed by atoms with E-state index < -0.39 is 5.91 Å². The van der Waals surface area contributed by atoms with Crippen LogP contribution in [0.2, 0.25) is 0 Å². The molecule has 2 unspecified atom stereocenters. The van der Waals surface area contributed by atoms with Crippen LogP contribution in [-0.2, 0) is 14.3 Å². The van der Waals surface area contributed by atoms with E-state index in [2.05, 4.69) is 6.92 Å². The lowest BCUT2D eigenvalue weighted by molar-refractivity contribution is -0.145. The first-order valence-corrected chi connectivity index (χ1v) is 8.28. The molecule has 23 heavy (non-hydrogen) atoms. The average Bonchev–Trinajstić information content (AvgIpc) is 2.59. The Labute approximate surface area is 137 Å². The first-order valence-electron chi connectivity index (χ1n) is 8.28. The van der Waals surface area contributed by atoms with E-state index in [1.165, 1.54) is 0 Å². The largest absolute Gasteiger partial charge is 0.378 e. The minimum atomic E-state index is -0.486. The number of carbonyl (C=O) groups excluding carboxylic acids is 2. The molecule has 0 spiro atoms. The molecule has 0 radical (unpaired) electrons. The monoisotopic (exact) mass is 318 g/mol. The van der Waals surface area contributed by atoms with Gasteiger partial charge in [0.15, 0.2) is 0 Å². The smallest absolute Gasteiger partial charge is 0.237 e. The van der Waals surface area contributed by atoms with Gasteiger partial charge in [-0.05, 0) is 31.7 Å². The molecule has 1 aromatic carbocycles. The molecule has 2 amide bonds. The molecule has 2 N–H and O–H groups in total. The van der Waals surface area contributed by atoms with Gasteiger partial charge in [-0.15, -0.1) is 0 Å². The van der Waals surface area contributed by atoms with E-state index in [1.54, 1.807) is 4.90 Å². The van der Waals surface area contributed by atoms with Gasteiger partial charge in [-0.3, -0.25) is 9.59 Å². The zero-order chi connectivity index (χ0) is 16.8. The first kappa shape index (κ1) is 17.5. The summed E-state index contributed by atoms with van der Waals surface area (Å²) in [7, 11) is 0. The van der Waals surface area contributed by atoms with Crippen LogP contribution in [0.15, 0.2) is 30.3 Å². The lowest BCUT2D eigenvalue weighted by atomic mass is 9.92. The van der Waals surface area contributed by atoms with Gasteiger partial charge in [0.2, 0.25) is 11.8 Å². The zero-order valence-corrected chi connectivity index (χ0v) is 13.9. The highest BCUT2D eigenvalue weighted by molar-refractivity contribution is 5.85. The van der Waals surface area contributed by atoms with E-state index in [1.807, 2.05) is 37.3 Å². The summed E-state index contributed by atoms with van der Waals surface area (Å²) < 4.78 is 5.65. The molecule has 1 aliphatic rings. The summed E-state index contributed by atoms with van der Waals surface area (Å²) in [6.07, 6.45) is 2.44. The summed E-state index contributed by atoms with van der Waals surface area (Å²) in [5.41, 5.74) is 6.37. The maximum absolute atomic E-state index is 13.0. The van der Waals surface area contributed by atoms with Gasteiger partial charge in [0.05, 0.1) is 18.7 Å². The summed E-state index contributed by atoms with van der Waals surface area (Å²) in [6, 6.07) is 9.54. The quantitative estimate of drug-likeness (QED) is 0.874. The molecule has 5 heteroatoms. The highest BCUT2D eigenvalue weighted by Gasteiger charge is 2.33. The van der Waals surface area contributed by atoms with Gasteiger partial charge in [-0.2, -0.15) is 0 Å². The molecule has 3 atom stereocenters. The van der Waals surface area contributed by atoms with E-state index >= 15 is 0 Å². The van der Waals surface area contributed by atoms with Gasteiger partial charge >= 0.3 is 0 Å². The second-order valence-corrected chi connectivity index (χ2v) is 6.14. The normalized spacial score (nSPS) is 22.3. The number of carbonyl (C=O) groups is 2. The van der Waals surface area contributed by atoms with Crippen molar-refractivity contribution in [3.05, 3.63) is 35.9 Å². The molecule has 0 aliphatic carbocycles. The van der Waals surface area contributed by atoms with Crippen molar-refractivity contribution in [2.45, 2.75) is 45.3 Å². The second kappa shape index (κ2) is 8.11. The van der Waals surface area contributed by atoms with Gasteiger partial charge in [0.25, 0.3) is 0 Å². The van der Waals surface area contributed by atoms with E-state index in [4.69, 9.17) is 10.5 Å². The molecule has 1 saturated heterocycles. The van der Waals surface area contributed by atoms with Gasteiger partial charge in [0.1, 0.15) is 0 Å². The Hall–Kier alpha value is -1.88. The Bertz CT molecular complexity index is 532. The third kappa shape index (κ3) is 4.55. The Morgan fingerprint density at radius 3 is 2.65 bits per heavy atom. The summed E-state index contributed by atoms with van der Waals surface area (Å²) in [6.45, 7) is 4.54.